The third kappa shape index (κ3) is 12.6. The minimum absolute atomic E-state index is 0.322. The number of phenols is 1. The number of phenolic OH excluding ortho intramolecular Hbond substituents is 1. The molecule has 0 spiro atoms. The number of hydrogen-bond donors (Lipinski definition) is 1. The molecular formula is C15H24O2. The zero-order valence-corrected chi connectivity index (χ0v) is 10.8. The molecule has 0 aromatic heterocycles. The van der Waals surface area contributed by atoms with E-state index in [0.29, 0.717) is 5.75 Å². The van der Waals surface area contributed by atoms with Gasteiger partial charge in [0.1, 0.15) is 12.0 Å². The second-order valence-electron chi connectivity index (χ2n) is 4.06. The van der Waals surface area contributed by atoms with Crippen LogP contribution in [0.25, 0.3) is 0 Å². The summed E-state index contributed by atoms with van der Waals surface area (Å²) in [6.07, 6.45) is 9.39. The average molecular weight is 236 g/mol. The number of unbranched alkanes of at least 4 members (excludes halogenated alkanes) is 6. The molecule has 0 aliphatic rings. The van der Waals surface area contributed by atoms with Crippen LogP contribution in [0.3, 0.4) is 0 Å². The SMILES string of the molecule is CCCCCCCCC=O.Oc1ccccc1. The van der Waals surface area contributed by atoms with Crippen LogP contribution >= 0.6 is 0 Å². The molecule has 0 radical (unpaired) electrons. The number of aldehydes is 1. The van der Waals surface area contributed by atoms with Gasteiger partial charge in [0.15, 0.2) is 0 Å². The van der Waals surface area contributed by atoms with E-state index < -0.39 is 0 Å². The highest BCUT2D eigenvalue weighted by molar-refractivity contribution is 5.48. The first-order chi connectivity index (χ1) is 8.31. The Morgan fingerprint density at radius 1 is 1.00 bits per heavy atom. The lowest BCUT2D eigenvalue weighted by Crippen LogP contribution is -1.79. The summed E-state index contributed by atoms with van der Waals surface area (Å²) in [5, 5.41) is 8.63. The summed E-state index contributed by atoms with van der Waals surface area (Å²) >= 11 is 0. The zero-order chi connectivity index (χ0) is 12.8. The Labute approximate surface area is 105 Å². The molecule has 0 aliphatic heterocycles. The molecule has 1 aromatic rings. The van der Waals surface area contributed by atoms with Gasteiger partial charge in [-0.25, -0.2) is 0 Å². The van der Waals surface area contributed by atoms with Crippen molar-refractivity contribution >= 4 is 6.29 Å². The van der Waals surface area contributed by atoms with E-state index in [2.05, 4.69) is 6.92 Å². The Kier molecular flexibility index (Phi) is 11.8. The van der Waals surface area contributed by atoms with E-state index in [9.17, 15) is 4.79 Å². The first-order valence-electron chi connectivity index (χ1n) is 6.49. The summed E-state index contributed by atoms with van der Waals surface area (Å²) < 4.78 is 0. The Morgan fingerprint density at radius 3 is 2.06 bits per heavy atom. The molecule has 0 amide bonds. The minimum atomic E-state index is 0.322. The zero-order valence-electron chi connectivity index (χ0n) is 10.8. The van der Waals surface area contributed by atoms with Crippen molar-refractivity contribution in [1.29, 1.82) is 0 Å². The summed E-state index contributed by atoms with van der Waals surface area (Å²) in [5.41, 5.74) is 0. The lowest BCUT2D eigenvalue weighted by molar-refractivity contribution is -0.107. The maximum Gasteiger partial charge on any atom is 0.119 e. The highest BCUT2D eigenvalue weighted by atomic mass is 16.3. The van der Waals surface area contributed by atoms with E-state index in [4.69, 9.17) is 5.11 Å². The standard InChI is InChI=1S/C9H18O.C6H6O/c1-2-3-4-5-6-7-8-9-10;7-6-4-2-1-3-5-6/h9H,2-8H2,1H3;1-5,7H. The highest BCUT2D eigenvalue weighted by Gasteiger charge is 1.87. The van der Waals surface area contributed by atoms with E-state index in [1.54, 1.807) is 24.3 Å². The number of benzene rings is 1. The van der Waals surface area contributed by atoms with Crippen LogP contribution in [0, 0.1) is 0 Å². The number of carbonyl (C=O) groups excluding carboxylic acids is 1. The number of para-hydroxylation sites is 1. The first-order valence-corrected chi connectivity index (χ1v) is 6.49. The topological polar surface area (TPSA) is 37.3 Å². The molecule has 0 unspecified atom stereocenters. The van der Waals surface area contributed by atoms with Crippen LogP contribution in [0.4, 0.5) is 0 Å². The van der Waals surface area contributed by atoms with Crippen molar-refractivity contribution in [2.45, 2.75) is 51.9 Å². The molecular weight excluding hydrogens is 212 g/mol. The predicted octanol–water partition coefficient (Wildman–Crippen LogP) is 4.33. The van der Waals surface area contributed by atoms with Crippen LogP contribution in [0.5, 0.6) is 5.75 Å². The van der Waals surface area contributed by atoms with Crippen LogP contribution in [-0.2, 0) is 4.79 Å². The van der Waals surface area contributed by atoms with Gasteiger partial charge in [0, 0.05) is 6.42 Å². The maximum atomic E-state index is 9.89. The smallest absolute Gasteiger partial charge is 0.119 e. The van der Waals surface area contributed by atoms with Gasteiger partial charge in [0.05, 0.1) is 0 Å². The molecule has 2 heteroatoms. The lowest BCUT2D eigenvalue weighted by atomic mass is 10.1. The van der Waals surface area contributed by atoms with Gasteiger partial charge in [-0.15, -0.1) is 0 Å². The summed E-state index contributed by atoms with van der Waals surface area (Å²) in [7, 11) is 0. The van der Waals surface area contributed by atoms with Gasteiger partial charge in [-0.3, -0.25) is 0 Å². The number of carbonyl (C=O) groups is 1. The normalized spacial score (nSPS) is 9.24. The van der Waals surface area contributed by atoms with Gasteiger partial charge in [0.25, 0.3) is 0 Å². The van der Waals surface area contributed by atoms with Crippen molar-refractivity contribution in [2.75, 3.05) is 0 Å². The van der Waals surface area contributed by atoms with Crippen molar-refractivity contribution in [3.63, 3.8) is 0 Å². The molecule has 0 fully saturated rings. The van der Waals surface area contributed by atoms with E-state index in [0.717, 1.165) is 19.1 Å². The molecule has 0 saturated heterocycles. The van der Waals surface area contributed by atoms with Gasteiger partial charge < -0.3 is 9.90 Å². The molecule has 1 N–H and O–H groups in total. The quantitative estimate of drug-likeness (QED) is 0.565. The second kappa shape index (κ2) is 12.8. The fourth-order valence-electron chi connectivity index (χ4n) is 1.44. The van der Waals surface area contributed by atoms with Crippen LogP contribution in [0.15, 0.2) is 30.3 Å². The number of rotatable bonds is 7. The fourth-order valence-corrected chi connectivity index (χ4v) is 1.44. The molecule has 0 aliphatic carbocycles. The molecule has 0 bridgehead atoms. The van der Waals surface area contributed by atoms with Gasteiger partial charge in [0.2, 0.25) is 0 Å². The van der Waals surface area contributed by atoms with Crippen molar-refractivity contribution in [1.82, 2.24) is 0 Å². The summed E-state index contributed by atoms with van der Waals surface area (Å²) in [4.78, 5) is 9.89. The number of hydrogen-bond acceptors (Lipinski definition) is 2. The molecule has 96 valence electrons. The predicted molar refractivity (Wildman–Crippen MR) is 72.2 cm³/mol. The summed E-state index contributed by atoms with van der Waals surface area (Å²) in [5.74, 6) is 0.322. The lowest BCUT2D eigenvalue weighted by Gasteiger charge is -1.95. The van der Waals surface area contributed by atoms with Gasteiger partial charge in [-0.1, -0.05) is 57.2 Å². The van der Waals surface area contributed by atoms with Crippen molar-refractivity contribution in [3.05, 3.63) is 30.3 Å². The van der Waals surface area contributed by atoms with Crippen molar-refractivity contribution < 1.29 is 9.90 Å². The maximum absolute atomic E-state index is 9.89. The Bertz CT molecular complexity index is 257. The Hall–Kier alpha value is -1.31. The van der Waals surface area contributed by atoms with E-state index in [1.165, 1.54) is 32.1 Å². The summed E-state index contributed by atoms with van der Waals surface area (Å²) in [6, 6.07) is 8.71. The number of aromatic hydroxyl groups is 1. The average Bonchev–Trinajstić information content (AvgIpc) is 2.35. The van der Waals surface area contributed by atoms with Crippen molar-refractivity contribution in [3.8, 4) is 5.75 Å². The molecule has 1 aromatic carbocycles. The molecule has 2 nitrogen and oxygen atoms in total. The first kappa shape index (κ1) is 15.7. The monoisotopic (exact) mass is 236 g/mol. The van der Waals surface area contributed by atoms with Gasteiger partial charge in [-0.05, 0) is 18.6 Å². The molecule has 17 heavy (non-hydrogen) atoms. The molecule has 1 rings (SSSR count). The third-order valence-corrected chi connectivity index (χ3v) is 2.43. The molecule has 0 saturated carbocycles. The van der Waals surface area contributed by atoms with Crippen LogP contribution in [0.1, 0.15) is 51.9 Å². The van der Waals surface area contributed by atoms with Crippen molar-refractivity contribution in [2.24, 2.45) is 0 Å². The molecule has 0 heterocycles. The fraction of sp³-hybridized carbons (Fsp3) is 0.533. The van der Waals surface area contributed by atoms with Crippen LogP contribution in [-0.4, -0.2) is 11.4 Å². The Morgan fingerprint density at radius 2 is 1.59 bits per heavy atom. The van der Waals surface area contributed by atoms with Crippen LogP contribution < -0.4 is 0 Å². The molecule has 0 atom stereocenters. The second-order valence-corrected chi connectivity index (χ2v) is 4.06. The highest BCUT2D eigenvalue weighted by Crippen LogP contribution is 2.05. The minimum Gasteiger partial charge on any atom is -0.508 e. The van der Waals surface area contributed by atoms with Crippen LogP contribution in [0.2, 0.25) is 0 Å². The van der Waals surface area contributed by atoms with E-state index in [-0.39, 0.29) is 0 Å². The van der Waals surface area contributed by atoms with E-state index >= 15 is 0 Å². The van der Waals surface area contributed by atoms with Gasteiger partial charge in [-0.2, -0.15) is 0 Å². The largest absolute Gasteiger partial charge is 0.508 e. The van der Waals surface area contributed by atoms with E-state index in [1.807, 2.05) is 6.07 Å². The Balaban J connectivity index is 0.000000318. The van der Waals surface area contributed by atoms with Gasteiger partial charge >= 0.3 is 0 Å². The third-order valence-electron chi connectivity index (χ3n) is 2.43. The summed E-state index contributed by atoms with van der Waals surface area (Å²) in [6.45, 7) is 2.21.